The van der Waals surface area contributed by atoms with Crippen molar-refractivity contribution in [2.75, 3.05) is 0 Å². The fourth-order valence-electron chi connectivity index (χ4n) is 2.61. The third kappa shape index (κ3) is 4.93. The van der Waals surface area contributed by atoms with Gasteiger partial charge in [-0.1, -0.05) is 15.9 Å². The van der Waals surface area contributed by atoms with Crippen LogP contribution in [0.5, 0.6) is 5.75 Å². The van der Waals surface area contributed by atoms with Crippen LogP contribution in [0.15, 0.2) is 35.1 Å². The Morgan fingerprint density at radius 3 is 2.77 bits per heavy atom. The fraction of sp³-hybridized carbons (Fsp3) is 0.222. The van der Waals surface area contributed by atoms with Gasteiger partial charge >= 0.3 is 6.61 Å². The van der Waals surface area contributed by atoms with Crippen LogP contribution in [0.4, 0.5) is 8.78 Å². The predicted octanol–water partition coefficient (Wildman–Crippen LogP) is 3.09. The summed E-state index contributed by atoms with van der Waals surface area (Å²) in [5, 5.41) is 16.0. The van der Waals surface area contributed by atoms with Gasteiger partial charge in [0.1, 0.15) is 29.7 Å². The molecular weight excluding hydrogens is 464 g/mol. The topological polar surface area (TPSA) is 119 Å². The van der Waals surface area contributed by atoms with Crippen LogP contribution in [-0.2, 0) is 0 Å². The van der Waals surface area contributed by atoms with Crippen molar-refractivity contribution in [2.24, 2.45) is 0 Å². The molecule has 0 aliphatic carbocycles. The van der Waals surface area contributed by atoms with E-state index in [0.717, 1.165) is 0 Å². The average Bonchev–Trinajstić information content (AvgIpc) is 3.09. The molecule has 0 saturated heterocycles. The van der Waals surface area contributed by atoms with Crippen molar-refractivity contribution in [3.05, 3.63) is 58.0 Å². The number of nitrogens with one attached hydrogen (secondary N) is 1. The molecule has 0 fully saturated rings. The van der Waals surface area contributed by atoms with Gasteiger partial charge in [0.2, 0.25) is 0 Å². The molecule has 3 rings (SSSR count). The van der Waals surface area contributed by atoms with Crippen LogP contribution in [-0.4, -0.2) is 37.3 Å². The summed E-state index contributed by atoms with van der Waals surface area (Å²) in [6, 6.07) is 6.74. The predicted molar refractivity (Wildman–Crippen MR) is 103 cm³/mol. The van der Waals surface area contributed by atoms with Crippen LogP contribution in [0.25, 0.3) is 5.82 Å². The standard InChI is InChI=1S/C18H14BrF2N7O2/c1-9(25-17(29)11-3-12(19)5-14(4-11)30-18(20)21)16-26-10(2)27-28(16)15-6-13(7-22)23-8-24-15/h3-6,8-9,18H,1-2H3,(H,25,29)/t9-/m0/s1. The summed E-state index contributed by atoms with van der Waals surface area (Å²) in [4.78, 5) is 24.9. The summed E-state index contributed by atoms with van der Waals surface area (Å²) in [6.45, 7) is 0.337. The number of aromatic nitrogens is 5. The molecule has 2 heterocycles. The van der Waals surface area contributed by atoms with Gasteiger partial charge in [-0.05, 0) is 32.0 Å². The van der Waals surface area contributed by atoms with E-state index in [-0.39, 0.29) is 17.0 Å². The molecule has 0 saturated carbocycles. The van der Waals surface area contributed by atoms with E-state index in [2.05, 4.69) is 46.0 Å². The number of nitriles is 1. The maximum Gasteiger partial charge on any atom is 0.387 e. The number of alkyl halides is 2. The van der Waals surface area contributed by atoms with Gasteiger partial charge in [-0.15, -0.1) is 5.10 Å². The molecule has 0 radical (unpaired) electrons. The molecule has 0 spiro atoms. The molecule has 0 aliphatic rings. The van der Waals surface area contributed by atoms with Crippen LogP contribution < -0.4 is 10.1 Å². The van der Waals surface area contributed by atoms with Crippen molar-refractivity contribution in [3.8, 4) is 17.6 Å². The van der Waals surface area contributed by atoms with E-state index in [4.69, 9.17) is 5.26 Å². The Hall–Kier alpha value is -3.46. The van der Waals surface area contributed by atoms with Crippen molar-refractivity contribution < 1.29 is 18.3 Å². The van der Waals surface area contributed by atoms with Crippen molar-refractivity contribution in [1.82, 2.24) is 30.0 Å². The van der Waals surface area contributed by atoms with Gasteiger partial charge in [0.05, 0.1) is 6.04 Å². The van der Waals surface area contributed by atoms with Crippen LogP contribution in [0.2, 0.25) is 0 Å². The third-order valence-electron chi connectivity index (χ3n) is 3.82. The quantitative estimate of drug-likeness (QED) is 0.579. The van der Waals surface area contributed by atoms with E-state index in [1.807, 2.05) is 6.07 Å². The molecule has 3 aromatic rings. The van der Waals surface area contributed by atoms with Crippen LogP contribution in [0, 0.1) is 18.3 Å². The molecule has 2 aromatic heterocycles. The molecule has 0 unspecified atom stereocenters. The summed E-state index contributed by atoms with van der Waals surface area (Å²) < 4.78 is 31.2. The number of hydrogen-bond acceptors (Lipinski definition) is 7. The van der Waals surface area contributed by atoms with Crippen molar-refractivity contribution in [1.29, 1.82) is 5.26 Å². The molecule has 1 N–H and O–H groups in total. The maximum absolute atomic E-state index is 12.7. The normalized spacial score (nSPS) is 11.8. The smallest absolute Gasteiger partial charge is 0.387 e. The van der Waals surface area contributed by atoms with Gasteiger partial charge in [-0.25, -0.2) is 15.0 Å². The number of aryl methyl sites for hydroxylation is 1. The van der Waals surface area contributed by atoms with E-state index in [1.54, 1.807) is 13.8 Å². The Morgan fingerprint density at radius 2 is 2.07 bits per heavy atom. The highest BCUT2D eigenvalue weighted by Gasteiger charge is 2.21. The summed E-state index contributed by atoms with van der Waals surface area (Å²) in [6.07, 6.45) is 1.23. The zero-order valence-corrected chi connectivity index (χ0v) is 17.3. The van der Waals surface area contributed by atoms with Crippen molar-refractivity contribution in [3.63, 3.8) is 0 Å². The van der Waals surface area contributed by atoms with E-state index in [1.165, 1.54) is 35.3 Å². The average molecular weight is 478 g/mol. The Kier molecular flexibility index (Phi) is 6.31. The Labute approximate surface area is 177 Å². The van der Waals surface area contributed by atoms with Crippen molar-refractivity contribution in [2.45, 2.75) is 26.5 Å². The number of benzene rings is 1. The van der Waals surface area contributed by atoms with E-state index < -0.39 is 18.6 Å². The molecule has 0 bridgehead atoms. The SMILES string of the molecule is Cc1nc([C@H](C)NC(=O)c2cc(Br)cc(OC(F)F)c2)n(-c2cc(C#N)ncn2)n1. The number of nitrogens with zero attached hydrogens (tertiary/aromatic N) is 6. The summed E-state index contributed by atoms with van der Waals surface area (Å²) in [5.74, 6) is 0.422. The van der Waals surface area contributed by atoms with E-state index in [0.29, 0.717) is 21.9 Å². The first-order valence-electron chi connectivity index (χ1n) is 8.49. The highest BCUT2D eigenvalue weighted by molar-refractivity contribution is 9.10. The Bertz CT molecular complexity index is 1130. The first-order chi connectivity index (χ1) is 14.3. The van der Waals surface area contributed by atoms with Crippen LogP contribution >= 0.6 is 15.9 Å². The lowest BCUT2D eigenvalue weighted by Gasteiger charge is -2.15. The molecular formula is C18H14BrF2N7O2. The maximum atomic E-state index is 12.7. The zero-order valence-electron chi connectivity index (χ0n) is 15.7. The molecule has 30 heavy (non-hydrogen) atoms. The van der Waals surface area contributed by atoms with E-state index in [9.17, 15) is 13.6 Å². The zero-order chi connectivity index (χ0) is 21.8. The number of halogens is 3. The molecule has 12 heteroatoms. The number of rotatable bonds is 6. The largest absolute Gasteiger partial charge is 0.435 e. The molecule has 1 atom stereocenters. The van der Waals surface area contributed by atoms with Crippen LogP contribution in [0.1, 0.15) is 40.7 Å². The van der Waals surface area contributed by atoms with E-state index >= 15 is 0 Å². The lowest BCUT2D eigenvalue weighted by molar-refractivity contribution is -0.0499. The highest BCUT2D eigenvalue weighted by atomic mass is 79.9. The molecule has 1 aromatic carbocycles. The number of hydrogen-bond donors (Lipinski definition) is 1. The summed E-state index contributed by atoms with van der Waals surface area (Å²) >= 11 is 3.17. The minimum Gasteiger partial charge on any atom is -0.435 e. The van der Waals surface area contributed by atoms with Gasteiger partial charge in [-0.3, -0.25) is 4.79 Å². The number of carbonyl (C=O) groups is 1. The Morgan fingerprint density at radius 1 is 1.30 bits per heavy atom. The first kappa shape index (κ1) is 21.3. The number of carbonyl (C=O) groups excluding carboxylic acids is 1. The highest BCUT2D eigenvalue weighted by Crippen LogP contribution is 2.24. The minimum absolute atomic E-state index is 0.114. The van der Waals surface area contributed by atoms with Crippen molar-refractivity contribution >= 4 is 21.8 Å². The third-order valence-corrected chi connectivity index (χ3v) is 4.27. The van der Waals surface area contributed by atoms with Crippen LogP contribution in [0.3, 0.4) is 0 Å². The molecule has 154 valence electrons. The van der Waals surface area contributed by atoms with Gasteiger partial charge in [0, 0.05) is 16.1 Å². The van der Waals surface area contributed by atoms with Gasteiger partial charge in [-0.2, -0.15) is 18.7 Å². The number of amides is 1. The second-order valence-corrected chi connectivity index (χ2v) is 6.97. The summed E-state index contributed by atoms with van der Waals surface area (Å²) in [7, 11) is 0. The monoisotopic (exact) mass is 477 g/mol. The second-order valence-electron chi connectivity index (χ2n) is 6.05. The van der Waals surface area contributed by atoms with Gasteiger partial charge in [0.25, 0.3) is 5.91 Å². The first-order valence-corrected chi connectivity index (χ1v) is 9.28. The molecule has 1 amide bonds. The number of ether oxygens (including phenoxy) is 1. The summed E-state index contributed by atoms with van der Waals surface area (Å²) in [5.41, 5.74) is 0.264. The lowest BCUT2D eigenvalue weighted by atomic mass is 10.2. The fourth-order valence-corrected chi connectivity index (χ4v) is 3.09. The minimum atomic E-state index is -3.01. The molecule has 0 aliphatic heterocycles. The van der Waals surface area contributed by atoms with Gasteiger partial charge < -0.3 is 10.1 Å². The van der Waals surface area contributed by atoms with Gasteiger partial charge in [0.15, 0.2) is 11.6 Å². The molecule has 9 nitrogen and oxygen atoms in total. The lowest BCUT2D eigenvalue weighted by Crippen LogP contribution is -2.29. The second kappa shape index (κ2) is 8.91. The Balaban J connectivity index is 1.86.